The second-order valence-electron chi connectivity index (χ2n) is 7.36. The SMILES string of the molecule is CCc1oc2ccccc2c1CN(C)C(=O)Nc1cccc(NC(=O)C(C)C)c1. The van der Waals surface area contributed by atoms with E-state index in [0.717, 1.165) is 28.7 Å². The Hall–Kier alpha value is -3.28. The van der Waals surface area contributed by atoms with Gasteiger partial charge in [-0.05, 0) is 24.3 Å². The lowest BCUT2D eigenvalue weighted by Crippen LogP contribution is -2.31. The van der Waals surface area contributed by atoms with E-state index in [0.29, 0.717) is 17.9 Å². The minimum absolute atomic E-state index is 0.0653. The van der Waals surface area contributed by atoms with Gasteiger partial charge in [0.25, 0.3) is 0 Å². The number of para-hydroxylation sites is 1. The summed E-state index contributed by atoms with van der Waals surface area (Å²) in [6.07, 6.45) is 0.761. The third kappa shape index (κ3) is 4.77. The predicted octanol–water partition coefficient (Wildman–Crippen LogP) is 5.25. The van der Waals surface area contributed by atoms with Crippen molar-refractivity contribution >= 4 is 34.3 Å². The van der Waals surface area contributed by atoms with Crippen LogP contribution in [0.5, 0.6) is 0 Å². The predicted molar refractivity (Wildman–Crippen MR) is 116 cm³/mol. The molecule has 0 bridgehead atoms. The van der Waals surface area contributed by atoms with Gasteiger partial charge in [-0.25, -0.2) is 4.79 Å². The second kappa shape index (κ2) is 8.82. The van der Waals surface area contributed by atoms with Crippen LogP contribution in [-0.2, 0) is 17.8 Å². The molecule has 0 saturated carbocycles. The maximum atomic E-state index is 12.7. The number of benzene rings is 2. The minimum Gasteiger partial charge on any atom is -0.461 e. The number of fused-ring (bicyclic) bond motifs is 1. The van der Waals surface area contributed by atoms with E-state index in [1.165, 1.54) is 0 Å². The zero-order chi connectivity index (χ0) is 21.0. The molecule has 0 spiro atoms. The Morgan fingerprint density at radius 2 is 1.72 bits per heavy atom. The van der Waals surface area contributed by atoms with Gasteiger partial charge in [-0.15, -0.1) is 0 Å². The fraction of sp³-hybridized carbons (Fsp3) is 0.304. The van der Waals surface area contributed by atoms with E-state index in [1.807, 2.05) is 45.0 Å². The number of amides is 3. The molecular weight excluding hydrogens is 366 g/mol. The number of nitrogens with one attached hydrogen (secondary N) is 2. The van der Waals surface area contributed by atoms with E-state index >= 15 is 0 Å². The summed E-state index contributed by atoms with van der Waals surface area (Å²) in [5.74, 6) is 0.714. The number of anilines is 2. The Morgan fingerprint density at radius 3 is 2.41 bits per heavy atom. The molecule has 6 nitrogen and oxygen atoms in total. The fourth-order valence-corrected chi connectivity index (χ4v) is 3.10. The molecule has 2 aromatic carbocycles. The number of urea groups is 1. The summed E-state index contributed by atoms with van der Waals surface area (Å²) in [5.41, 5.74) is 3.13. The van der Waals surface area contributed by atoms with Crippen LogP contribution in [0.15, 0.2) is 52.9 Å². The van der Waals surface area contributed by atoms with Crippen molar-refractivity contribution in [3.8, 4) is 0 Å². The highest BCUT2D eigenvalue weighted by Gasteiger charge is 2.17. The number of carbonyl (C=O) groups is 2. The van der Waals surface area contributed by atoms with Crippen LogP contribution in [0, 0.1) is 5.92 Å². The minimum atomic E-state index is -0.232. The summed E-state index contributed by atoms with van der Waals surface area (Å²) >= 11 is 0. The first-order valence-electron chi connectivity index (χ1n) is 9.81. The summed E-state index contributed by atoms with van der Waals surface area (Å²) in [5, 5.41) is 6.76. The zero-order valence-corrected chi connectivity index (χ0v) is 17.3. The van der Waals surface area contributed by atoms with Crippen LogP contribution in [0.2, 0.25) is 0 Å². The van der Waals surface area contributed by atoms with Crippen molar-refractivity contribution in [1.82, 2.24) is 4.90 Å². The number of rotatable bonds is 6. The first-order valence-corrected chi connectivity index (χ1v) is 9.81. The van der Waals surface area contributed by atoms with Crippen LogP contribution in [0.25, 0.3) is 11.0 Å². The number of hydrogen-bond acceptors (Lipinski definition) is 3. The topological polar surface area (TPSA) is 74.6 Å². The van der Waals surface area contributed by atoms with E-state index in [2.05, 4.69) is 10.6 Å². The zero-order valence-electron chi connectivity index (χ0n) is 17.3. The lowest BCUT2D eigenvalue weighted by molar-refractivity contribution is -0.118. The van der Waals surface area contributed by atoms with Gasteiger partial charge in [-0.3, -0.25) is 4.79 Å². The first kappa shape index (κ1) is 20.5. The van der Waals surface area contributed by atoms with Crippen molar-refractivity contribution in [3.05, 3.63) is 59.9 Å². The smallest absolute Gasteiger partial charge is 0.321 e. The van der Waals surface area contributed by atoms with Gasteiger partial charge < -0.3 is 20.0 Å². The molecule has 3 amide bonds. The highest BCUT2D eigenvalue weighted by molar-refractivity contribution is 5.94. The van der Waals surface area contributed by atoms with Crippen LogP contribution < -0.4 is 10.6 Å². The molecule has 0 aliphatic rings. The average Bonchev–Trinajstić information content (AvgIpc) is 3.05. The number of nitrogens with zero attached hydrogens (tertiary/aromatic N) is 1. The standard InChI is InChI=1S/C23H27N3O3/c1-5-20-19(18-11-6-7-12-21(18)29-20)14-26(4)23(28)25-17-10-8-9-16(13-17)24-22(27)15(2)3/h6-13,15H,5,14H2,1-4H3,(H,24,27)(H,25,28). The highest BCUT2D eigenvalue weighted by atomic mass is 16.3. The Morgan fingerprint density at radius 1 is 1.03 bits per heavy atom. The third-order valence-electron chi connectivity index (χ3n) is 4.75. The Bertz CT molecular complexity index is 1020. The van der Waals surface area contributed by atoms with E-state index in [4.69, 9.17) is 4.42 Å². The average molecular weight is 393 g/mol. The summed E-state index contributed by atoms with van der Waals surface area (Å²) in [7, 11) is 1.75. The second-order valence-corrected chi connectivity index (χ2v) is 7.36. The van der Waals surface area contributed by atoms with E-state index in [9.17, 15) is 9.59 Å². The van der Waals surface area contributed by atoms with Crippen molar-refractivity contribution in [2.75, 3.05) is 17.7 Å². The van der Waals surface area contributed by atoms with Gasteiger partial charge in [0.1, 0.15) is 11.3 Å². The van der Waals surface area contributed by atoms with Crippen LogP contribution in [0.1, 0.15) is 32.1 Å². The van der Waals surface area contributed by atoms with Crippen LogP contribution in [0.3, 0.4) is 0 Å². The molecule has 2 N–H and O–H groups in total. The Labute approximate surface area is 170 Å². The third-order valence-corrected chi connectivity index (χ3v) is 4.75. The molecule has 0 aliphatic heterocycles. The molecule has 3 aromatic rings. The van der Waals surface area contributed by atoms with Crippen LogP contribution in [-0.4, -0.2) is 23.9 Å². The van der Waals surface area contributed by atoms with Gasteiger partial charge in [-0.2, -0.15) is 0 Å². The molecule has 152 valence electrons. The quantitative estimate of drug-likeness (QED) is 0.600. The number of aryl methyl sites for hydroxylation is 1. The monoisotopic (exact) mass is 393 g/mol. The normalized spacial score (nSPS) is 10.9. The van der Waals surface area contributed by atoms with Crippen LogP contribution >= 0.6 is 0 Å². The molecule has 0 unspecified atom stereocenters. The molecular formula is C23H27N3O3. The molecule has 3 rings (SSSR count). The van der Waals surface area contributed by atoms with Gasteiger partial charge in [-0.1, -0.05) is 45.0 Å². The number of hydrogen-bond donors (Lipinski definition) is 2. The van der Waals surface area contributed by atoms with E-state index < -0.39 is 0 Å². The van der Waals surface area contributed by atoms with Gasteiger partial charge in [0, 0.05) is 41.7 Å². The number of furan rings is 1. The summed E-state index contributed by atoms with van der Waals surface area (Å²) < 4.78 is 5.92. The molecule has 0 atom stereocenters. The molecule has 6 heteroatoms. The molecule has 1 heterocycles. The van der Waals surface area contributed by atoms with Crippen molar-refractivity contribution in [1.29, 1.82) is 0 Å². The summed E-state index contributed by atoms with van der Waals surface area (Å²) in [6, 6.07) is 14.8. The van der Waals surface area contributed by atoms with Gasteiger partial charge >= 0.3 is 6.03 Å². The van der Waals surface area contributed by atoms with Gasteiger partial charge in [0.05, 0.1) is 6.54 Å². The maximum Gasteiger partial charge on any atom is 0.321 e. The molecule has 0 aliphatic carbocycles. The molecule has 0 saturated heterocycles. The lowest BCUT2D eigenvalue weighted by Gasteiger charge is -2.18. The maximum absolute atomic E-state index is 12.7. The van der Waals surface area contributed by atoms with E-state index in [1.54, 1.807) is 36.2 Å². The first-order chi connectivity index (χ1) is 13.9. The molecule has 0 fully saturated rings. The van der Waals surface area contributed by atoms with Crippen molar-refractivity contribution in [3.63, 3.8) is 0 Å². The molecule has 29 heavy (non-hydrogen) atoms. The van der Waals surface area contributed by atoms with Crippen molar-refractivity contribution < 1.29 is 14.0 Å². The van der Waals surface area contributed by atoms with Crippen molar-refractivity contribution in [2.45, 2.75) is 33.7 Å². The highest BCUT2D eigenvalue weighted by Crippen LogP contribution is 2.27. The van der Waals surface area contributed by atoms with Crippen LogP contribution in [0.4, 0.5) is 16.2 Å². The fourth-order valence-electron chi connectivity index (χ4n) is 3.10. The molecule has 1 aromatic heterocycles. The Kier molecular flexibility index (Phi) is 6.22. The van der Waals surface area contributed by atoms with Gasteiger partial charge in [0.15, 0.2) is 0 Å². The number of carbonyl (C=O) groups excluding carboxylic acids is 2. The summed E-state index contributed by atoms with van der Waals surface area (Å²) in [4.78, 5) is 26.2. The largest absolute Gasteiger partial charge is 0.461 e. The Balaban J connectivity index is 1.71. The van der Waals surface area contributed by atoms with E-state index in [-0.39, 0.29) is 17.9 Å². The summed E-state index contributed by atoms with van der Waals surface area (Å²) in [6.45, 7) is 6.15. The van der Waals surface area contributed by atoms with Crippen molar-refractivity contribution in [2.24, 2.45) is 5.92 Å². The lowest BCUT2D eigenvalue weighted by atomic mass is 10.1. The van der Waals surface area contributed by atoms with Gasteiger partial charge in [0.2, 0.25) is 5.91 Å². The molecule has 0 radical (unpaired) electrons.